The van der Waals surface area contributed by atoms with Crippen molar-refractivity contribution in [2.45, 2.75) is 19.3 Å². The number of hydrogen-bond acceptors (Lipinski definition) is 4. The van der Waals surface area contributed by atoms with Gasteiger partial charge in [-0.3, -0.25) is 4.57 Å². The fourth-order valence-corrected chi connectivity index (χ4v) is 11.8. The summed E-state index contributed by atoms with van der Waals surface area (Å²) >= 11 is 1.67. The summed E-state index contributed by atoms with van der Waals surface area (Å²) < 4.78 is 50.7. The maximum absolute atomic E-state index is 9.28. The molecule has 14 rings (SSSR count). The summed E-state index contributed by atoms with van der Waals surface area (Å²) in [5, 5.41) is 6.96. The summed E-state index contributed by atoms with van der Waals surface area (Å²) in [5.41, 5.74) is 12.8. The van der Waals surface area contributed by atoms with Crippen molar-refractivity contribution in [1.29, 1.82) is 0 Å². The van der Waals surface area contributed by atoms with Crippen LogP contribution in [0, 0.1) is 0 Å². The lowest BCUT2D eigenvalue weighted by molar-refractivity contribution is 0.660. The van der Waals surface area contributed by atoms with E-state index in [1.165, 1.54) is 22.3 Å². The molecule has 0 aliphatic heterocycles. The molecule has 0 amide bonds. The molecule has 1 aliphatic rings. The molecule has 0 saturated carbocycles. The van der Waals surface area contributed by atoms with Crippen molar-refractivity contribution in [3.63, 3.8) is 0 Å². The average molecular weight is 841 g/mol. The molecule has 64 heavy (non-hydrogen) atoms. The topological polar surface area (TPSA) is 48.5 Å². The Hall–Kier alpha value is -7.93. The monoisotopic (exact) mass is 840 g/mol. The highest BCUT2D eigenvalue weighted by Crippen LogP contribution is 2.50. The Morgan fingerprint density at radius 2 is 1.23 bits per heavy atom. The summed E-state index contributed by atoms with van der Waals surface area (Å²) in [6, 6.07) is 51.2. The van der Waals surface area contributed by atoms with Crippen LogP contribution in [0.15, 0.2) is 188 Å². The first-order valence-electron chi connectivity index (χ1n) is 23.9. The fourth-order valence-electron chi connectivity index (χ4n) is 10.5. The normalized spacial score (nSPS) is 14.4. The second kappa shape index (κ2) is 13.1. The van der Waals surface area contributed by atoms with Gasteiger partial charge in [-0.2, -0.15) is 4.98 Å². The lowest BCUT2D eigenvalue weighted by Gasteiger charge is -2.22. The van der Waals surface area contributed by atoms with Gasteiger partial charge in [-0.25, -0.2) is 9.97 Å². The molecule has 0 unspecified atom stereocenters. The van der Waals surface area contributed by atoms with Gasteiger partial charge in [0.15, 0.2) is 5.65 Å². The van der Waals surface area contributed by atoms with Crippen molar-refractivity contribution in [2.24, 2.45) is 0 Å². The first-order chi connectivity index (χ1) is 33.6. The molecule has 300 valence electrons. The van der Waals surface area contributed by atoms with E-state index >= 15 is 0 Å². The van der Waals surface area contributed by atoms with Gasteiger partial charge in [0, 0.05) is 65.3 Å². The molecule has 0 atom stereocenters. The quantitative estimate of drug-likeness (QED) is 0.177. The number of aromatic nitrogens is 5. The maximum atomic E-state index is 9.28. The van der Waals surface area contributed by atoms with E-state index in [4.69, 9.17) is 19.1 Å². The zero-order chi connectivity index (χ0) is 46.6. The fraction of sp³-hybridized carbons (Fsp3) is 0.0517. The van der Waals surface area contributed by atoms with Crippen molar-refractivity contribution in [1.82, 2.24) is 24.1 Å². The first kappa shape index (κ1) is 31.0. The number of fused-ring (bicyclic) bond motifs is 14. The molecular weight excluding hydrogens is 799 g/mol. The van der Waals surface area contributed by atoms with Crippen LogP contribution in [-0.4, -0.2) is 24.1 Å². The summed E-state index contributed by atoms with van der Waals surface area (Å²) in [6.07, 6.45) is 1.77. The lowest BCUT2D eigenvalue weighted by atomic mass is 9.81. The highest BCUT2D eigenvalue weighted by atomic mass is 32.1. The molecule has 13 aromatic rings. The van der Waals surface area contributed by atoms with Gasteiger partial charge in [0.05, 0.1) is 39.3 Å². The molecule has 0 bridgehead atoms. The minimum atomic E-state index is -0.426. The average Bonchev–Trinajstić information content (AvgIpc) is 4.09. The van der Waals surface area contributed by atoms with E-state index in [9.17, 15) is 2.74 Å². The Kier molecular flexibility index (Phi) is 6.32. The minimum absolute atomic E-state index is 0.114. The number of pyridine rings is 1. The Morgan fingerprint density at radius 3 is 2.14 bits per heavy atom. The first-order valence-corrected chi connectivity index (χ1v) is 22.3. The summed E-state index contributed by atoms with van der Waals surface area (Å²) in [5.74, 6) is 0.521. The molecule has 0 N–H and O–H groups in total. The van der Waals surface area contributed by atoms with E-state index in [1.807, 2.05) is 41.0 Å². The lowest BCUT2D eigenvalue weighted by Crippen LogP contribution is -2.14. The molecule has 5 aromatic heterocycles. The van der Waals surface area contributed by atoms with Crippen LogP contribution < -0.4 is 0 Å². The molecule has 6 heteroatoms. The van der Waals surface area contributed by atoms with E-state index in [1.54, 1.807) is 17.5 Å². The highest BCUT2D eigenvalue weighted by molar-refractivity contribution is 7.26. The van der Waals surface area contributed by atoms with E-state index < -0.39 is 6.04 Å². The third-order valence-electron chi connectivity index (χ3n) is 13.5. The molecular formula is C58H37N5S. The van der Waals surface area contributed by atoms with Gasteiger partial charge in [-0.05, 0) is 87.9 Å². The Balaban J connectivity index is 1.04. The number of rotatable bonds is 4. The summed E-state index contributed by atoms with van der Waals surface area (Å²) in [7, 11) is 0. The second-order valence-corrected chi connectivity index (χ2v) is 18.3. The van der Waals surface area contributed by atoms with E-state index in [-0.39, 0.29) is 35.3 Å². The number of thiophene rings is 1. The van der Waals surface area contributed by atoms with Crippen molar-refractivity contribution in [3.8, 4) is 45.1 Å². The number of benzene rings is 8. The van der Waals surface area contributed by atoms with Gasteiger partial charge in [0.2, 0.25) is 5.95 Å². The summed E-state index contributed by atoms with van der Waals surface area (Å²) in [6.45, 7) is 4.55. The van der Waals surface area contributed by atoms with Crippen LogP contribution >= 0.6 is 11.3 Å². The third kappa shape index (κ3) is 4.91. The molecule has 0 radical (unpaired) electrons. The molecule has 8 aromatic carbocycles. The Labute approximate surface area is 379 Å². The zero-order valence-corrected chi connectivity index (χ0v) is 35.5. The summed E-state index contributed by atoms with van der Waals surface area (Å²) in [4.78, 5) is 15.2. The minimum Gasteiger partial charge on any atom is -0.309 e. The smallest absolute Gasteiger partial charge is 0.237 e. The van der Waals surface area contributed by atoms with E-state index in [0.717, 1.165) is 91.6 Å². The van der Waals surface area contributed by atoms with Gasteiger partial charge >= 0.3 is 0 Å². The van der Waals surface area contributed by atoms with Crippen LogP contribution in [0.4, 0.5) is 0 Å². The van der Waals surface area contributed by atoms with Crippen LogP contribution in [0.25, 0.3) is 120 Å². The number of hydrogen-bond donors (Lipinski definition) is 0. The zero-order valence-electron chi connectivity index (χ0n) is 39.7. The predicted molar refractivity (Wildman–Crippen MR) is 267 cm³/mol. The van der Waals surface area contributed by atoms with Crippen LogP contribution in [0.5, 0.6) is 0 Å². The van der Waals surface area contributed by atoms with Gasteiger partial charge in [-0.15, -0.1) is 11.3 Å². The third-order valence-corrected chi connectivity index (χ3v) is 14.7. The number of para-hydroxylation sites is 2. The Morgan fingerprint density at radius 1 is 0.516 bits per heavy atom. The van der Waals surface area contributed by atoms with Crippen molar-refractivity contribution in [3.05, 3.63) is 199 Å². The maximum Gasteiger partial charge on any atom is 0.237 e. The largest absolute Gasteiger partial charge is 0.309 e. The van der Waals surface area contributed by atoms with Gasteiger partial charge in [-0.1, -0.05) is 141 Å². The SMILES string of the molecule is [2H]c1c([2H])c([2H])c(-n2c3cc(-c4ccc5c(c4)C(C)(C)c4ccccc4-5)ccc3c3cc4c(cc32)sc2c4ccc3c4ccccc4n(-c4nc(-c5ccccc5)c5cccnc5n4)c32)c([2H])c1[2H]. The van der Waals surface area contributed by atoms with E-state index in [0.29, 0.717) is 11.6 Å². The molecule has 0 spiro atoms. The van der Waals surface area contributed by atoms with Gasteiger partial charge < -0.3 is 4.57 Å². The van der Waals surface area contributed by atoms with Gasteiger partial charge in [0.1, 0.15) is 0 Å². The Bertz CT molecular complexity index is 4390. The molecule has 0 saturated heterocycles. The van der Waals surface area contributed by atoms with Crippen molar-refractivity contribution in [2.75, 3.05) is 0 Å². The van der Waals surface area contributed by atoms with Crippen LogP contribution in [0.2, 0.25) is 0 Å². The molecule has 5 nitrogen and oxygen atoms in total. The predicted octanol–water partition coefficient (Wildman–Crippen LogP) is 15.2. The highest BCUT2D eigenvalue weighted by Gasteiger charge is 2.35. The molecule has 5 heterocycles. The second-order valence-electron chi connectivity index (χ2n) is 17.2. The van der Waals surface area contributed by atoms with Gasteiger partial charge in [0.25, 0.3) is 0 Å². The standard InChI is InChI=1S/C58H37N5S/c1-58(2)47-21-11-9-18-38(47)39-25-23-35(30-48(39)58)36-24-26-41-45-32-46-43-28-27-42-40-19-10-12-22-49(40)63(57-60-53(34-14-5-3-6-15-34)44-20-13-29-59-56(44)61-57)54(42)55(43)64-52(46)33-51(45)62(50(41)31-36)37-16-7-4-8-17-37/h3-33H,1-2H3/i4D,7D,8D,16D,17D. The van der Waals surface area contributed by atoms with Crippen LogP contribution in [-0.2, 0) is 5.41 Å². The number of nitrogens with zero attached hydrogens (tertiary/aromatic N) is 5. The van der Waals surface area contributed by atoms with E-state index in [2.05, 4.69) is 134 Å². The molecule has 0 fully saturated rings. The molecule has 1 aliphatic carbocycles. The van der Waals surface area contributed by atoms with Crippen molar-refractivity contribution >= 4 is 86.2 Å². The van der Waals surface area contributed by atoms with Crippen molar-refractivity contribution < 1.29 is 6.85 Å². The van der Waals surface area contributed by atoms with Crippen LogP contribution in [0.1, 0.15) is 31.8 Å². The van der Waals surface area contributed by atoms with Crippen LogP contribution in [0.3, 0.4) is 0 Å².